The van der Waals surface area contributed by atoms with Crippen molar-refractivity contribution in [2.75, 3.05) is 13.7 Å². The predicted octanol–water partition coefficient (Wildman–Crippen LogP) is 4.16. The molecule has 0 unspecified atom stereocenters. The van der Waals surface area contributed by atoms with Crippen molar-refractivity contribution in [3.05, 3.63) is 23.8 Å². The molecule has 2 rings (SSSR count). The topological polar surface area (TPSA) is 18.5 Å². The molecule has 1 aliphatic carbocycles. The van der Waals surface area contributed by atoms with Crippen LogP contribution < -0.4 is 9.47 Å². The first kappa shape index (κ1) is 12.7. The third-order valence-electron chi connectivity index (χ3n) is 3.33. The smallest absolute Gasteiger partial charge is 0.161 e. The average molecular weight is 299 g/mol. The maximum absolute atomic E-state index is 5.91. The van der Waals surface area contributed by atoms with Gasteiger partial charge < -0.3 is 9.47 Å². The minimum absolute atomic E-state index is 0.729. The lowest BCUT2D eigenvalue weighted by atomic mass is 10.1. The zero-order chi connectivity index (χ0) is 12.1. The van der Waals surface area contributed by atoms with E-state index >= 15 is 0 Å². The van der Waals surface area contributed by atoms with E-state index in [4.69, 9.17) is 9.47 Å². The molecule has 2 nitrogen and oxygen atoms in total. The zero-order valence-electron chi connectivity index (χ0n) is 10.2. The van der Waals surface area contributed by atoms with E-state index < -0.39 is 0 Å². The minimum Gasteiger partial charge on any atom is -0.493 e. The molecule has 0 bridgehead atoms. The van der Waals surface area contributed by atoms with Gasteiger partial charge in [-0.1, -0.05) is 34.8 Å². The van der Waals surface area contributed by atoms with Gasteiger partial charge in [-0.3, -0.25) is 0 Å². The average Bonchev–Trinajstić information content (AvgIpc) is 2.89. The van der Waals surface area contributed by atoms with Gasteiger partial charge in [-0.2, -0.15) is 0 Å². The van der Waals surface area contributed by atoms with Crippen LogP contribution in [0.15, 0.2) is 18.2 Å². The lowest BCUT2D eigenvalue weighted by Gasteiger charge is -2.14. The Labute approximate surface area is 111 Å². The Morgan fingerprint density at radius 2 is 2.00 bits per heavy atom. The Bertz CT molecular complexity index is 359. The molecule has 0 aromatic heterocycles. The van der Waals surface area contributed by atoms with Crippen molar-refractivity contribution < 1.29 is 9.47 Å². The highest BCUT2D eigenvalue weighted by Gasteiger charge is 2.16. The summed E-state index contributed by atoms with van der Waals surface area (Å²) in [5.41, 5.74) is 1.22. The standard InChI is InChI=1S/C14H19BrO2/c1-16-13-7-6-12(9-15)8-14(13)17-10-11-4-2-3-5-11/h6-8,11H,2-5,9-10H2,1H3. The second kappa shape index (κ2) is 6.29. The van der Waals surface area contributed by atoms with Gasteiger partial charge in [-0.05, 0) is 36.5 Å². The van der Waals surface area contributed by atoms with Gasteiger partial charge in [0.15, 0.2) is 11.5 Å². The molecule has 1 fully saturated rings. The Hall–Kier alpha value is -0.700. The second-order valence-electron chi connectivity index (χ2n) is 4.58. The van der Waals surface area contributed by atoms with Crippen LogP contribution in [0.25, 0.3) is 0 Å². The van der Waals surface area contributed by atoms with Crippen LogP contribution in [-0.4, -0.2) is 13.7 Å². The van der Waals surface area contributed by atoms with Crippen molar-refractivity contribution in [1.82, 2.24) is 0 Å². The molecule has 1 aliphatic rings. The van der Waals surface area contributed by atoms with E-state index in [2.05, 4.69) is 28.1 Å². The molecular weight excluding hydrogens is 280 g/mol. The van der Waals surface area contributed by atoms with Crippen molar-refractivity contribution in [3.8, 4) is 11.5 Å². The molecular formula is C14H19BrO2. The summed E-state index contributed by atoms with van der Waals surface area (Å²) >= 11 is 3.46. The fraction of sp³-hybridized carbons (Fsp3) is 0.571. The largest absolute Gasteiger partial charge is 0.493 e. The highest BCUT2D eigenvalue weighted by Crippen LogP contribution is 2.31. The molecule has 0 aliphatic heterocycles. The Morgan fingerprint density at radius 3 is 2.65 bits per heavy atom. The normalized spacial score (nSPS) is 16.1. The molecule has 3 heteroatoms. The summed E-state index contributed by atoms with van der Waals surface area (Å²) < 4.78 is 11.2. The molecule has 94 valence electrons. The van der Waals surface area contributed by atoms with Crippen LogP contribution in [0.4, 0.5) is 0 Å². The van der Waals surface area contributed by atoms with E-state index in [1.807, 2.05) is 6.07 Å². The molecule has 17 heavy (non-hydrogen) atoms. The summed E-state index contributed by atoms with van der Waals surface area (Å²) in [4.78, 5) is 0. The number of halogens is 1. The molecule has 0 spiro atoms. The first-order valence-electron chi connectivity index (χ1n) is 6.19. The maximum atomic E-state index is 5.91. The Kier molecular flexibility index (Phi) is 4.72. The minimum atomic E-state index is 0.729. The first-order chi connectivity index (χ1) is 8.33. The lowest BCUT2D eigenvalue weighted by molar-refractivity contribution is 0.240. The Morgan fingerprint density at radius 1 is 1.24 bits per heavy atom. The number of alkyl halides is 1. The van der Waals surface area contributed by atoms with Crippen LogP contribution in [0.1, 0.15) is 31.2 Å². The third-order valence-corrected chi connectivity index (χ3v) is 3.98. The number of rotatable bonds is 5. The summed E-state index contributed by atoms with van der Waals surface area (Å²) in [6.07, 6.45) is 5.32. The van der Waals surface area contributed by atoms with Crippen LogP contribution in [0.5, 0.6) is 11.5 Å². The second-order valence-corrected chi connectivity index (χ2v) is 5.14. The van der Waals surface area contributed by atoms with Crippen molar-refractivity contribution in [2.45, 2.75) is 31.0 Å². The van der Waals surface area contributed by atoms with E-state index in [-0.39, 0.29) is 0 Å². The number of methoxy groups -OCH3 is 1. The fourth-order valence-electron chi connectivity index (χ4n) is 2.30. The summed E-state index contributed by atoms with van der Waals surface area (Å²) in [6.45, 7) is 0.822. The molecule has 1 aromatic rings. The molecule has 0 heterocycles. The third kappa shape index (κ3) is 3.38. The van der Waals surface area contributed by atoms with Crippen molar-refractivity contribution in [3.63, 3.8) is 0 Å². The summed E-state index contributed by atoms with van der Waals surface area (Å²) in [5, 5.41) is 0.844. The SMILES string of the molecule is COc1ccc(CBr)cc1OCC1CCCC1. The van der Waals surface area contributed by atoms with Crippen LogP contribution in [-0.2, 0) is 5.33 Å². The highest BCUT2D eigenvalue weighted by atomic mass is 79.9. The van der Waals surface area contributed by atoms with Crippen LogP contribution in [0, 0.1) is 5.92 Å². The molecule has 0 atom stereocenters. The monoisotopic (exact) mass is 298 g/mol. The maximum Gasteiger partial charge on any atom is 0.161 e. The number of hydrogen-bond acceptors (Lipinski definition) is 2. The van der Waals surface area contributed by atoms with Crippen LogP contribution in [0.2, 0.25) is 0 Å². The van der Waals surface area contributed by atoms with Crippen molar-refractivity contribution in [2.24, 2.45) is 5.92 Å². The molecule has 0 amide bonds. The number of ether oxygens (including phenoxy) is 2. The van der Waals surface area contributed by atoms with Gasteiger partial charge in [0.1, 0.15) is 0 Å². The molecule has 1 aromatic carbocycles. The predicted molar refractivity (Wildman–Crippen MR) is 73.1 cm³/mol. The van der Waals surface area contributed by atoms with Gasteiger partial charge in [0.05, 0.1) is 13.7 Å². The van der Waals surface area contributed by atoms with Crippen molar-refractivity contribution in [1.29, 1.82) is 0 Å². The molecule has 0 saturated heterocycles. The van der Waals surface area contributed by atoms with E-state index in [9.17, 15) is 0 Å². The molecule has 0 radical (unpaired) electrons. The quantitative estimate of drug-likeness (QED) is 0.760. The summed E-state index contributed by atoms with van der Waals surface area (Å²) in [6, 6.07) is 6.08. The number of benzene rings is 1. The molecule has 1 saturated carbocycles. The Balaban J connectivity index is 2.01. The number of hydrogen-bond donors (Lipinski definition) is 0. The van der Waals surface area contributed by atoms with Gasteiger partial charge in [0.2, 0.25) is 0 Å². The van der Waals surface area contributed by atoms with E-state index in [1.54, 1.807) is 7.11 Å². The van der Waals surface area contributed by atoms with Gasteiger partial charge >= 0.3 is 0 Å². The first-order valence-corrected chi connectivity index (χ1v) is 7.31. The molecule has 0 N–H and O–H groups in total. The highest BCUT2D eigenvalue weighted by molar-refractivity contribution is 9.08. The fourth-order valence-corrected chi connectivity index (χ4v) is 2.65. The summed E-state index contributed by atoms with van der Waals surface area (Å²) in [7, 11) is 1.69. The van der Waals surface area contributed by atoms with Crippen LogP contribution in [0.3, 0.4) is 0 Å². The van der Waals surface area contributed by atoms with Gasteiger partial charge in [-0.15, -0.1) is 0 Å². The van der Waals surface area contributed by atoms with E-state index in [0.717, 1.165) is 29.4 Å². The van der Waals surface area contributed by atoms with Crippen molar-refractivity contribution >= 4 is 15.9 Å². The lowest BCUT2D eigenvalue weighted by Crippen LogP contribution is -2.08. The van der Waals surface area contributed by atoms with Gasteiger partial charge in [0.25, 0.3) is 0 Å². The van der Waals surface area contributed by atoms with Gasteiger partial charge in [0, 0.05) is 5.33 Å². The van der Waals surface area contributed by atoms with E-state index in [0.29, 0.717) is 0 Å². The zero-order valence-corrected chi connectivity index (χ0v) is 11.8. The van der Waals surface area contributed by atoms with Gasteiger partial charge in [-0.25, -0.2) is 0 Å². The van der Waals surface area contributed by atoms with E-state index in [1.165, 1.54) is 31.2 Å². The van der Waals surface area contributed by atoms with Crippen LogP contribution >= 0.6 is 15.9 Å². The summed E-state index contributed by atoms with van der Waals surface area (Å²) in [5.74, 6) is 2.43.